The van der Waals surface area contributed by atoms with Gasteiger partial charge in [-0.2, -0.15) is 0 Å². The van der Waals surface area contributed by atoms with Gasteiger partial charge in [-0.25, -0.2) is 4.39 Å². The maximum absolute atomic E-state index is 13.8. The molecule has 0 atom stereocenters. The molecule has 6 nitrogen and oxygen atoms in total. The van der Waals surface area contributed by atoms with Crippen molar-refractivity contribution in [2.45, 2.75) is 0 Å². The van der Waals surface area contributed by atoms with Crippen LogP contribution in [0.25, 0.3) is 6.08 Å². The number of halogens is 2. The largest absolute Gasteiger partial charge is 0.452 e. The number of pyridine rings is 1. The first kappa shape index (κ1) is 14.9. The molecule has 0 spiro atoms. The average Bonchev–Trinajstić information content (AvgIpc) is 2.44. The number of ether oxygens (including phenoxy) is 1. The van der Waals surface area contributed by atoms with Crippen LogP contribution in [0.3, 0.4) is 0 Å². The topological polar surface area (TPSA) is 91.3 Å². The number of nitro benzene ring substituents is 1. The minimum Gasteiger partial charge on any atom is -0.452 e. The summed E-state index contributed by atoms with van der Waals surface area (Å²) >= 11 is 3.23. The summed E-state index contributed by atoms with van der Waals surface area (Å²) in [6, 6.07) is 4.72. The number of non-ortho nitro benzene ring substituents is 1. The highest BCUT2D eigenvalue weighted by molar-refractivity contribution is 9.10. The quantitative estimate of drug-likeness (QED) is 0.669. The summed E-state index contributed by atoms with van der Waals surface area (Å²) in [4.78, 5) is 14.0. The second-order valence-electron chi connectivity index (χ2n) is 3.87. The van der Waals surface area contributed by atoms with E-state index in [2.05, 4.69) is 20.9 Å². The molecule has 0 saturated carbocycles. The highest BCUT2D eigenvalue weighted by Gasteiger charge is 2.14. The van der Waals surface area contributed by atoms with Crippen molar-refractivity contribution in [3.8, 4) is 11.5 Å². The van der Waals surface area contributed by atoms with Crippen molar-refractivity contribution >= 4 is 27.7 Å². The third-order valence-corrected chi connectivity index (χ3v) is 2.88. The van der Waals surface area contributed by atoms with Crippen LogP contribution in [0.15, 0.2) is 41.1 Å². The molecule has 0 fully saturated rings. The summed E-state index contributed by atoms with van der Waals surface area (Å²) < 4.78 is 19.9. The maximum Gasteiger partial charge on any atom is 0.272 e. The standard InChI is InChI=1S/C13H9BrFN3O3/c14-8-5-13(11(3-4-16)17-7-8)21-12-2-1-9(18(19)20)6-10(12)15/h1-7H,16H2. The second-order valence-corrected chi connectivity index (χ2v) is 4.79. The van der Waals surface area contributed by atoms with Crippen molar-refractivity contribution in [2.75, 3.05) is 0 Å². The minimum atomic E-state index is -0.841. The third kappa shape index (κ3) is 3.54. The molecule has 0 amide bonds. The minimum absolute atomic E-state index is 0.146. The zero-order chi connectivity index (χ0) is 15.4. The molecule has 108 valence electrons. The first-order chi connectivity index (χ1) is 10.0. The Morgan fingerprint density at radius 3 is 2.76 bits per heavy atom. The van der Waals surface area contributed by atoms with Crippen molar-refractivity contribution in [3.63, 3.8) is 0 Å². The van der Waals surface area contributed by atoms with Crippen LogP contribution >= 0.6 is 15.9 Å². The van der Waals surface area contributed by atoms with E-state index in [4.69, 9.17) is 10.5 Å². The fourth-order valence-electron chi connectivity index (χ4n) is 1.53. The summed E-state index contributed by atoms with van der Waals surface area (Å²) in [6.45, 7) is 0. The molecule has 0 aliphatic heterocycles. The first-order valence-electron chi connectivity index (χ1n) is 5.67. The van der Waals surface area contributed by atoms with Gasteiger partial charge in [-0.1, -0.05) is 0 Å². The molecule has 2 rings (SSSR count). The lowest BCUT2D eigenvalue weighted by atomic mass is 10.3. The van der Waals surface area contributed by atoms with Crippen molar-refractivity contribution in [1.29, 1.82) is 0 Å². The molecule has 0 radical (unpaired) electrons. The van der Waals surface area contributed by atoms with Gasteiger partial charge in [0.15, 0.2) is 17.3 Å². The molecule has 0 unspecified atom stereocenters. The van der Waals surface area contributed by atoms with E-state index in [0.29, 0.717) is 10.2 Å². The van der Waals surface area contributed by atoms with Crippen LogP contribution in [0.5, 0.6) is 11.5 Å². The van der Waals surface area contributed by atoms with Crippen LogP contribution in [-0.2, 0) is 0 Å². The number of hydrogen-bond donors (Lipinski definition) is 1. The zero-order valence-electron chi connectivity index (χ0n) is 10.5. The number of hydrogen-bond acceptors (Lipinski definition) is 5. The van der Waals surface area contributed by atoms with E-state index in [0.717, 1.165) is 12.1 Å². The maximum atomic E-state index is 13.8. The van der Waals surface area contributed by atoms with Gasteiger partial charge in [0.2, 0.25) is 0 Å². The van der Waals surface area contributed by atoms with Gasteiger partial charge in [0.05, 0.1) is 11.0 Å². The Hall–Kier alpha value is -2.48. The first-order valence-corrected chi connectivity index (χ1v) is 6.46. The lowest BCUT2D eigenvalue weighted by Gasteiger charge is -2.09. The molecule has 1 heterocycles. The molecular formula is C13H9BrFN3O3. The zero-order valence-corrected chi connectivity index (χ0v) is 12.1. The average molecular weight is 354 g/mol. The Bertz CT molecular complexity index is 722. The lowest BCUT2D eigenvalue weighted by molar-refractivity contribution is -0.385. The Kier molecular flexibility index (Phi) is 4.49. The molecule has 0 aliphatic carbocycles. The number of nitrogens with two attached hydrogens (primary N) is 1. The molecule has 1 aromatic heterocycles. The van der Waals surface area contributed by atoms with E-state index in [-0.39, 0.29) is 17.2 Å². The fourth-order valence-corrected chi connectivity index (χ4v) is 1.84. The Balaban J connectivity index is 2.38. The van der Waals surface area contributed by atoms with E-state index >= 15 is 0 Å². The van der Waals surface area contributed by atoms with Crippen LogP contribution in [0, 0.1) is 15.9 Å². The van der Waals surface area contributed by atoms with E-state index in [1.54, 1.807) is 6.07 Å². The molecule has 1 aromatic carbocycles. The van der Waals surface area contributed by atoms with Crippen LogP contribution in [-0.4, -0.2) is 9.91 Å². The van der Waals surface area contributed by atoms with Gasteiger partial charge in [0.1, 0.15) is 5.69 Å². The molecule has 0 saturated heterocycles. The summed E-state index contributed by atoms with van der Waals surface area (Å²) in [7, 11) is 0. The van der Waals surface area contributed by atoms with E-state index in [9.17, 15) is 14.5 Å². The van der Waals surface area contributed by atoms with Crippen molar-refractivity contribution < 1.29 is 14.1 Å². The third-order valence-electron chi connectivity index (χ3n) is 2.45. The highest BCUT2D eigenvalue weighted by atomic mass is 79.9. The predicted molar refractivity (Wildman–Crippen MR) is 78.3 cm³/mol. The molecule has 0 bridgehead atoms. The van der Waals surface area contributed by atoms with Crippen molar-refractivity contribution in [2.24, 2.45) is 5.73 Å². The Morgan fingerprint density at radius 2 is 2.14 bits per heavy atom. The van der Waals surface area contributed by atoms with Gasteiger partial charge >= 0.3 is 0 Å². The number of benzene rings is 1. The van der Waals surface area contributed by atoms with Crippen LogP contribution < -0.4 is 10.5 Å². The smallest absolute Gasteiger partial charge is 0.272 e. The SMILES string of the molecule is NC=Cc1ncc(Br)cc1Oc1ccc([N+](=O)[O-])cc1F. The Morgan fingerprint density at radius 1 is 1.38 bits per heavy atom. The van der Waals surface area contributed by atoms with E-state index in [1.807, 2.05) is 0 Å². The summed E-state index contributed by atoms with van der Waals surface area (Å²) in [5, 5.41) is 10.6. The highest BCUT2D eigenvalue weighted by Crippen LogP contribution is 2.31. The molecule has 21 heavy (non-hydrogen) atoms. The van der Waals surface area contributed by atoms with E-state index in [1.165, 1.54) is 24.5 Å². The molecule has 8 heteroatoms. The van der Waals surface area contributed by atoms with Gasteiger partial charge in [-0.3, -0.25) is 15.1 Å². The van der Waals surface area contributed by atoms with Gasteiger partial charge in [0, 0.05) is 16.7 Å². The lowest BCUT2D eigenvalue weighted by Crippen LogP contribution is -1.95. The fraction of sp³-hybridized carbons (Fsp3) is 0. The van der Waals surface area contributed by atoms with Gasteiger partial charge in [-0.05, 0) is 40.3 Å². The number of rotatable bonds is 4. The normalized spacial score (nSPS) is 10.8. The summed E-state index contributed by atoms with van der Waals surface area (Å²) in [5.41, 5.74) is 5.36. The number of aromatic nitrogens is 1. The van der Waals surface area contributed by atoms with Crippen LogP contribution in [0.1, 0.15) is 5.69 Å². The number of nitrogens with zero attached hydrogens (tertiary/aromatic N) is 2. The monoisotopic (exact) mass is 353 g/mol. The van der Waals surface area contributed by atoms with Crippen LogP contribution in [0.2, 0.25) is 0 Å². The number of nitro groups is 1. The van der Waals surface area contributed by atoms with Crippen LogP contribution in [0.4, 0.5) is 10.1 Å². The van der Waals surface area contributed by atoms with Crippen molar-refractivity contribution in [1.82, 2.24) is 4.98 Å². The summed E-state index contributed by atoms with van der Waals surface area (Å²) in [5.74, 6) is -0.724. The van der Waals surface area contributed by atoms with Gasteiger partial charge in [-0.15, -0.1) is 0 Å². The molecule has 2 N–H and O–H groups in total. The van der Waals surface area contributed by atoms with Crippen molar-refractivity contribution in [3.05, 3.63) is 62.8 Å². The second kappa shape index (κ2) is 6.31. The predicted octanol–water partition coefficient (Wildman–Crippen LogP) is 3.61. The van der Waals surface area contributed by atoms with Gasteiger partial charge < -0.3 is 10.5 Å². The Labute approximate surface area is 127 Å². The van der Waals surface area contributed by atoms with Gasteiger partial charge in [0.25, 0.3) is 5.69 Å². The van der Waals surface area contributed by atoms with E-state index < -0.39 is 10.7 Å². The molecule has 0 aliphatic rings. The molecule has 2 aromatic rings. The summed E-state index contributed by atoms with van der Waals surface area (Å²) in [6.07, 6.45) is 4.30. The molecular weight excluding hydrogens is 345 g/mol.